The number of esters is 1. The van der Waals surface area contributed by atoms with Crippen molar-refractivity contribution < 1.29 is 9.53 Å². The maximum Gasteiger partial charge on any atom is 0.322 e. The van der Waals surface area contributed by atoms with E-state index in [0.29, 0.717) is 0 Å². The lowest BCUT2D eigenvalue weighted by Crippen LogP contribution is -2.45. The molecule has 1 aliphatic heterocycles. The van der Waals surface area contributed by atoms with E-state index in [1.54, 1.807) is 0 Å². The van der Waals surface area contributed by atoms with Crippen molar-refractivity contribution in [3.63, 3.8) is 0 Å². The fourth-order valence-corrected chi connectivity index (χ4v) is 3.30. The number of carbonyl (C=O) groups is 1. The van der Waals surface area contributed by atoms with Crippen molar-refractivity contribution in [2.24, 2.45) is 11.8 Å². The summed E-state index contributed by atoms with van der Waals surface area (Å²) >= 11 is 0. The van der Waals surface area contributed by atoms with E-state index in [2.05, 4.69) is 5.32 Å². The smallest absolute Gasteiger partial charge is 0.322 e. The van der Waals surface area contributed by atoms with Gasteiger partial charge >= 0.3 is 5.97 Å². The molecule has 2 fully saturated rings. The summed E-state index contributed by atoms with van der Waals surface area (Å²) in [4.78, 5) is 11.5. The molecule has 1 saturated heterocycles. The number of hydrogen-bond acceptors (Lipinski definition) is 3. The average Bonchev–Trinajstić information content (AvgIpc) is 2.39. The zero-order chi connectivity index (χ0) is 11.4. The Bertz CT molecular complexity index is 242. The van der Waals surface area contributed by atoms with Gasteiger partial charge in [0.05, 0.1) is 7.11 Å². The fourth-order valence-electron chi connectivity index (χ4n) is 3.30. The van der Waals surface area contributed by atoms with Crippen molar-refractivity contribution in [3.8, 4) is 0 Å². The van der Waals surface area contributed by atoms with Gasteiger partial charge in [-0.2, -0.15) is 0 Å². The lowest BCUT2D eigenvalue weighted by Gasteiger charge is -2.36. The summed E-state index contributed by atoms with van der Waals surface area (Å²) in [5, 5.41) is 3.26. The van der Waals surface area contributed by atoms with Gasteiger partial charge in [0, 0.05) is 0 Å². The molecule has 1 saturated carbocycles. The molecule has 4 heteroatoms. The number of piperidine rings is 1. The second-order valence-electron chi connectivity index (χ2n) is 5.21. The molecule has 1 heterocycles. The summed E-state index contributed by atoms with van der Waals surface area (Å²) in [6.45, 7) is 0.973. The predicted molar refractivity (Wildman–Crippen MR) is 70.4 cm³/mol. The van der Waals surface area contributed by atoms with Crippen molar-refractivity contribution in [3.05, 3.63) is 0 Å². The molecule has 0 aromatic rings. The van der Waals surface area contributed by atoms with Gasteiger partial charge in [0.2, 0.25) is 0 Å². The van der Waals surface area contributed by atoms with Gasteiger partial charge in [-0.3, -0.25) is 4.79 Å². The van der Waals surface area contributed by atoms with Crippen LogP contribution in [0.4, 0.5) is 0 Å². The number of ether oxygens (including phenoxy) is 1. The molecule has 3 nitrogen and oxygen atoms in total. The molecule has 0 spiro atoms. The third-order valence-corrected chi connectivity index (χ3v) is 4.25. The number of carbonyl (C=O) groups excluding carboxylic acids is 1. The van der Waals surface area contributed by atoms with Gasteiger partial charge in [-0.15, -0.1) is 12.4 Å². The Hall–Kier alpha value is -0.280. The summed E-state index contributed by atoms with van der Waals surface area (Å²) in [7, 11) is 1.48. The quantitative estimate of drug-likeness (QED) is 0.777. The molecule has 0 unspecified atom stereocenters. The predicted octanol–water partition coefficient (Wildman–Crippen LogP) is 2.53. The molecular weight excluding hydrogens is 238 g/mol. The monoisotopic (exact) mass is 261 g/mol. The highest BCUT2D eigenvalue weighted by molar-refractivity contribution is 5.85. The first-order valence-corrected chi connectivity index (χ1v) is 6.62. The number of methoxy groups -OCH3 is 1. The van der Waals surface area contributed by atoms with Crippen LogP contribution in [-0.4, -0.2) is 25.7 Å². The zero-order valence-corrected chi connectivity index (χ0v) is 11.4. The van der Waals surface area contributed by atoms with Gasteiger partial charge in [-0.25, -0.2) is 0 Å². The van der Waals surface area contributed by atoms with E-state index in [9.17, 15) is 4.79 Å². The number of halogens is 1. The summed E-state index contributed by atoms with van der Waals surface area (Å²) in [6.07, 6.45) is 9.14. The fraction of sp³-hybridized carbons (Fsp3) is 0.923. The van der Waals surface area contributed by atoms with Gasteiger partial charge in [0.1, 0.15) is 6.04 Å². The summed E-state index contributed by atoms with van der Waals surface area (Å²) in [5.74, 6) is 1.52. The number of hydrogen-bond donors (Lipinski definition) is 1. The first kappa shape index (κ1) is 14.8. The first-order valence-electron chi connectivity index (χ1n) is 6.62. The molecule has 2 aliphatic rings. The average molecular weight is 262 g/mol. The molecule has 100 valence electrons. The summed E-state index contributed by atoms with van der Waals surface area (Å²) < 4.78 is 4.82. The van der Waals surface area contributed by atoms with Gasteiger partial charge in [0.25, 0.3) is 0 Å². The molecule has 0 amide bonds. The van der Waals surface area contributed by atoms with E-state index in [4.69, 9.17) is 4.74 Å². The topological polar surface area (TPSA) is 38.3 Å². The Kier molecular flexibility index (Phi) is 6.28. The van der Waals surface area contributed by atoms with Crippen molar-refractivity contribution in [2.45, 2.75) is 51.0 Å². The Balaban J connectivity index is 0.00000144. The highest BCUT2D eigenvalue weighted by Gasteiger charge is 2.32. The van der Waals surface area contributed by atoms with E-state index >= 15 is 0 Å². The Morgan fingerprint density at radius 3 is 2.47 bits per heavy atom. The molecule has 0 aromatic carbocycles. The van der Waals surface area contributed by atoms with Crippen LogP contribution in [0, 0.1) is 11.8 Å². The van der Waals surface area contributed by atoms with Crippen LogP contribution in [0.5, 0.6) is 0 Å². The highest BCUT2D eigenvalue weighted by atomic mass is 35.5. The van der Waals surface area contributed by atoms with Crippen molar-refractivity contribution in [2.75, 3.05) is 13.7 Å². The molecule has 0 bridgehead atoms. The maximum absolute atomic E-state index is 11.5. The number of nitrogens with one attached hydrogen (secondary N) is 1. The third kappa shape index (κ3) is 3.85. The Labute approximate surface area is 110 Å². The first-order chi connectivity index (χ1) is 7.81. The molecular formula is C13H24ClNO2. The lowest BCUT2D eigenvalue weighted by molar-refractivity contribution is -0.144. The Morgan fingerprint density at radius 1 is 1.12 bits per heavy atom. The second kappa shape index (κ2) is 7.22. The minimum absolute atomic E-state index is 0. The highest BCUT2D eigenvalue weighted by Crippen LogP contribution is 2.35. The van der Waals surface area contributed by atoms with Crippen LogP contribution in [0.25, 0.3) is 0 Å². The molecule has 2 atom stereocenters. The summed E-state index contributed by atoms with van der Waals surface area (Å²) in [6, 6.07) is -0.0503. The third-order valence-electron chi connectivity index (χ3n) is 4.25. The standard InChI is InChI=1S/C13H23NO2.ClH/c1-16-13(15)12-9-11(7-8-14-12)10-5-3-2-4-6-10;/h10-12,14H,2-9H2,1H3;1H/t11-,12+;/m1./s1. The van der Waals surface area contributed by atoms with E-state index in [1.807, 2.05) is 0 Å². The molecule has 1 N–H and O–H groups in total. The minimum atomic E-state index is -0.0829. The van der Waals surface area contributed by atoms with Crippen LogP contribution in [0.3, 0.4) is 0 Å². The minimum Gasteiger partial charge on any atom is -0.468 e. The van der Waals surface area contributed by atoms with E-state index in [1.165, 1.54) is 45.6 Å². The second-order valence-corrected chi connectivity index (χ2v) is 5.21. The molecule has 2 rings (SSSR count). The van der Waals surface area contributed by atoms with Crippen molar-refractivity contribution in [1.29, 1.82) is 0 Å². The van der Waals surface area contributed by atoms with Gasteiger partial charge in [-0.05, 0) is 31.2 Å². The Morgan fingerprint density at radius 2 is 1.82 bits per heavy atom. The van der Waals surface area contributed by atoms with E-state index in [0.717, 1.165) is 24.8 Å². The van der Waals surface area contributed by atoms with Crippen LogP contribution in [0.2, 0.25) is 0 Å². The van der Waals surface area contributed by atoms with Crippen molar-refractivity contribution in [1.82, 2.24) is 5.32 Å². The van der Waals surface area contributed by atoms with Gasteiger partial charge in [-0.1, -0.05) is 32.1 Å². The van der Waals surface area contributed by atoms with E-state index in [-0.39, 0.29) is 24.4 Å². The largest absolute Gasteiger partial charge is 0.468 e. The molecule has 1 aliphatic carbocycles. The van der Waals surface area contributed by atoms with Crippen LogP contribution in [-0.2, 0) is 9.53 Å². The summed E-state index contributed by atoms with van der Waals surface area (Å²) in [5.41, 5.74) is 0. The molecule has 0 aromatic heterocycles. The molecule has 17 heavy (non-hydrogen) atoms. The van der Waals surface area contributed by atoms with E-state index < -0.39 is 0 Å². The lowest BCUT2D eigenvalue weighted by atomic mass is 9.74. The normalized spacial score (nSPS) is 30.4. The van der Waals surface area contributed by atoms with Crippen molar-refractivity contribution >= 4 is 18.4 Å². The SMILES string of the molecule is COC(=O)[C@@H]1C[C@H](C2CCCCC2)CCN1.Cl. The van der Waals surface area contributed by atoms with Gasteiger partial charge in [0.15, 0.2) is 0 Å². The van der Waals surface area contributed by atoms with Crippen LogP contribution >= 0.6 is 12.4 Å². The molecule has 0 radical (unpaired) electrons. The van der Waals surface area contributed by atoms with Gasteiger partial charge < -0.3 is 10.1 Å². The number of rotatable bonds is 2. The van der Waals surface area contributed by atoms with Crippen LogP contribution in [0.15, 0.2) is 0 Å². The van der Waals surface area contributed by atoms with Crippen LogP contribution < -0.4 is 5.32 Å². The zero-order valence-electron chi connectivity index (χ0n) is 10.6. The van der Waals surface area contributed by atoms with Crippen LogP contribution in [0.1, 0.15) is 44.9 Å². The maximum atomic E-state index is 11.5.